The lowest BCUT2D eigenvalue weighted by molar-refractivity contribution is 0.525. The zero-order valence-electron chi connectivity index (χ0n) is 11.7. The normalized spacial score (nSPS) is 12.7. The third-order valence-electron chi connectivity index (χ3n) is 3.58. The van der Waals surface area contributed by atoms with Crippen LogP contribution in [0.2, 0.25) is 5.02 Å². The van der Waals surface area contributed by atoms with E-state index in [-0.39, 0.29) is 11.9 Å². The Bertz CT molecular complexity index is 604. The van der Waals surface area contributed by atoms with Crippen molar-refractivity contribution >= 4 is 11.6 Å². The van der Waals surface area contributed by atoms with Crippen LogP contribution in [0.3, 0.4) is 0 Å². The Morgan fingerprint density at radius 1 is 1.45 bits per heavy atom. The van der Waals surface area contributed by atoms with E-state index in [9.17, 15) is 4.39 Å². The monoisotopic (exact) mass is 296 g/mol. The summed E-state index contributed by atoms with van der Waals surface area (Å²) < 4.78 is 15.7. The Hall–Kier alpha value is -1.43. The second kappa shape index (κ2) is 5.91. The lowest BCUT2D eigenvalue weighted by atomic mass is 9.97. The number of hydrogen-bond donors (Lipinski definition) is 2. The van der Waals surface area contributed by atoms with E-state index in [0.29, 0.717) is 17.0 Å². The lowest BCUT2D eigenvalue weighted by Crippen LogP contribution is -2.30. The number of benzene rings is 1. The summed E-state index contributed by atoms with van der Waals surface area (Å²) in [5, 5.41) is 4.77. The minimum Gasteiger partial charge on any atom is -0.272 e. The molecule has 0 amide bonds. The molecule has 108 valence electrons. The lowest BCUT2D eigenvalue weighted by Gasteiger charge is -2.18. The molecule has 0 aliphatic rings. The van der Waals surface area contributed by atoms with E-state index in [1.54, 1.807) is 16.8 Å². The highest BCUT2D eigenvalue weighted by Gasteiger charge is 2.21. The van der Waals surface area contributed by atoms with Crippen molar-refractivity contribution in [2.24, 2.45) is 12.9 Å². The van der Waals surface area contributed by atoms with Gasteiger partial charge in [0.2, 0.25) is 0 Å². The average Bonchev–Trinajstić information content (AvgIpc) is 2.64. The van der Waals surface area contributed by atoms with Gasteiger partial charge in [-0.1, -0.05) is 17.7 Å². The maximum Gasteiger partial charge on any atom is 0.127 e. The first-order chi connectivity index (χ1) is 9.45. The second-order valence-corrected chi connectivity index (χ2v) is 5.24. The Balaban J connectivity index is 2.39. The summed E-state index contributed by atoms with van der Waals surface area (Å²) in [4.78, 5) is 0. The molecule has 1 aromatic carbocycles. The largest absolute Gasteiger partial charge is 0.272 e. The molecule has 2 rings (SSSR count). The molecular weight excluding hydrogens is 279 g/mol. The first-order valence-electron chi connectivity index (χ1n) is 6.34. The summed E-state index contributed by atoms with van der Waals surface area (Å²) in [5.74, 6) is 5.32. The number of halogens is 2. The van der Waals surface area contributed by atoms with Gasteiger partial charge in [0, 0.05) is 28.9 Å². The van der Waals surface area contributed by atoms with Gasteiger partial charge in [-0.15, -0.1) is 0 Å². The molecule has 20 heavy (non-hydrogen) atoms. The molecule has 4 nitrogen and oxygen atoms in total. The number of nitrogens with two attached hydrogens (primary N) is 1. The molecule has 0 radical (unpaired) electrons. The summed E-state index contributed by atoms with van der Waals surface area (Å²) >= 11 is 6.07. The molecule has 1 atom stereocenters. The van der Waals surface area contributed by atoms with E-state index in [2.05, 4.69) is 10.5 Å². The van der Waals surface area contributed by atoms with E-state index in [4.69, 9.17) is 17.4 Å². The molecule has 0 aliphatic heterocycles. The Morgan fingerprint density at radius 2 is 2.15 bits per heavy atom. The molecule has 1 aromatic heterocycles. The predicted molar refractivity (Wildman–Crippen MR) is 77.9 cm³/mol. The molecule has 0 saturated heterocycles. The topological polar surface area (TPSA) is 55.9 Å². The van der Waals surface area contributed by atoms with E-state index in [0.717, 1.165) is 17.0 Å². The van der Waals surface area contributed by atoms with Gasteiger partial charge in [0.15, 0.2) is 0 Å². The Kier molecular flexibility index (Phi) is 4.42. The minimum absolute atomic E-state index is 0.238. The maximum absolute atomic E-state index is 13.9. The highest BCUT2D eigenvalue weighted by molar-refractivity contribution is 6.31. The number of nitrogens with zero attached hydrogens (tertiary/aromatic N) is 2. The van der Waals surface area contributed by atoms with Gasteiger partial charge >= 0.3 is 0 Å². The molecule has 0 spiro atoms. The van der Waals surface area contributed by atoms with Crippen molar-refractivity contribution in [3.8, 4) is 0 Å². The molecule has 0 aliphatic carbocycles. The van der Waals surface area contributed by atoms with Gasteiger partial charge in [0.25, 0.3) is 0 Å². The van der Waals surface area contributed by atoms with E-state index < -0.39 is 0 Å². The quantitative estimate of drug-likeness (QED) is 0.673. The van der Waals surface area contributed by atoms with Crippen molar-refractivity contribution in [2.45, 2.75) is 26.3 Å². The van der Waals surface area contributed by atoms with Gasteiger partial charge in [-0.25, -0.2) is 4.39 Å². The van der Waals surface area contributed by atoms with Crippen molar-refractivity contribution in [2.75, 3.05) is 0 Å². The van der Waals surface area contributed by atoms with Crippen molar-refractivity contribution in [1.82, 2.24) is 15.2 Å². The second-order valence-electron chi connectivity index (χ2n) is 4.83. The molecule has 6 heteroatoms. The van der Waals surface area contributed by atoms with E-state index >= 15 is 0 Å². The number of hydrazine groups is 1. The zero-order chi connectivity index (χ0) is 14.9. The highest BCUT2D eigenvalue weighted by Crippen LogP contribution is 2.28. The Labute approximate surface area is 122 Å². The van der Waals surface area contributed by atoms with E-state index in [1.165, 1.54) is 6.07 Å². The molecule has 3 N–H and O–H groups in total. The van der Waals surface area contributed by atoms with Gasteiger partial charge in [0.05, 0.1) is 11.7 Å². The minimum atomic E-state index is -0.322. The van der Waals surface area contributed by atoms with Crippen LogP contribution in [0.5, 0.6) is 0 Å². The fourth-order valence-electron chi connectivity index (χ4n) is 2.47. The fourth-order valence-corrected chi connectivity index (χ4v) is 2.71. The SMILES string of the molecule is Cc1nn(C)c(C)c1C(Cc1c(F)cccc1Cl)NN. The average molecular weight is 297 g/mol. The summed E-state index contributed by atoms with van der Waals surface area (Å²) in [7, 11) is 1.87. The number of hydrogen-bond acceptors (Lipinski definition) is 3. The summed E-state index contributed by atoms with van der Waals surface area (Å²) in [6.07, 6.45) is 0.370. The van der Waals surface area contributed by atoms with Gasteiger partial charge in [-0.05, 0) is 32.4 Å². The standard InChI is InChI=1S/C14H18ClFN4/c1-8-14(9(2)20(3)19-8)13(18-17)7-10-11(15)5-4-6-12(10)16/h4-6,13,18H,7,17H2,1-3H3. The maximum atomic E-state index is 13.9. The van der Waals surface area contributed by atoms with E-state index in [1.807, 2.05) is 20.9 Å². The molecule has 0 bridgehead atoms. The van der Waals surface area contributed by atoms with Crippen LogP contribution >= 0.6 is 11.6 Å². The first-order valence-corrected chi connectivity index (χ1v) is 6.72. The van der Waals surface area contributed by atoms with Crippen molar-refractivity contribution in [3.63, 3.8) is 0 Å². The molecule has 2 aromatic rings. The number of nitrogens with one attached hydrogen (secondary N) is 1. The molecular formula is C14H18ClFN4. The third-order valence-corrected chi connectivity index (χ3v) is 3.94. The molecule has 1 heterocycles. The summed E-state index contributed by atoms with van der Waals surface area (Å²) in [6, 6.07) is 4.43. The Morgan fingerprint density at radius 3 is 2.65 bits per heavy atom. The van der Waals surface area contributed by atoms with Crippen LogP contribution in [0.4, 0.5) is 4.39 Å². The van der Waals surface area contributed by atoms with Crippen molar-refractivity contribution in [1.29, 1.82) is 0 Å². The van der Waals surface area contributed by atoms with Crippen LogP contribution < -0.4 is 11.3 Å². The van der Waals surface area contributed by atoms with Gasteiger partial charge in [0.1, 0.15) is 5.82 Å². The van der Waals surface area contributed by atoms with Gasteiger partial charge in [-0.2, -0.15) is 5.10 Å². The van der Waals surface area contributed by atoms with Gasteiger partial charge in [-0.3, -0.25) is 16.0 Å². The van der Waals surface area contributed by atoms with Crippen LogP contribution in [-0.2, 0) is 13.5 Å². The van der Waals surface area contributed by atoms with Crippen LogP contribution in [0.1, 0.15) is 28.6 Å². The van der Waals surface area contributed by atoms with Crippen LogP contribution in [0.25, 0.3) is 0 Å². The van der Waals surface area contributed by atoms with Crippen LogP contribution in [0.15, 0.2) is 18.2 Å². The molecule has 0 saturated carbocycles. The van der Waals surface area contributed by atoms with Crippen LogP contribution in [0, 0.1) is 19.7 Å². The third kappa shape index (κ3) is 2.70. The number of rotatable bonds is 4. The predicted octanol–water partition coefficient (Wildman–Crippen LogP) is 2.58. The molecule has 0 fully saturated rings. The van der Waals surface area contributed by atoms with Gasteiger partial charge < -0.3 is 0 Å². The summed E-state index contributed by atoms with van der Waals surface area (Å²) in [5.41, 5.74) is 6.05. The highest BCUT2D eigenvalue weighted by atomic mass is 35.5. The first kappa shape index (κ1) is 15.0. The summed E-state index contributed by atoms with van der Waals surface area (Å²) in [6.45, 7) is 3.87. The van der Waals surface area contributed by atoms with Crippen molar-refractivity contribution < 1.29 is 4.39 Å². The zero-order valence-corrected chi connectivity index (χ0v) is 12.5. The van der Waals surface area contributed by atoms with Crippen molar-refractivity contribution in [3.05, 3.63) is 51.6 Å². The van der Waals surface area contributed by atoms with Crippen LogP contribution in [-0.4, -0.2) is 9.78 Å². The fraction of sp³-hybridized carbons (Fsp3) is 0.357. The number of aromatic nitrogens is 2. The number of aryl methyl sites for hydroxylation is 2. The smallest absolute Gasteiger partial charge is 0.127 e. The molecule has 1 unspecified atom stereocenters.